The molecule has 7 nitrogen and oxygen atoms in total. The van der Waals surface area contributed by atoms with Gasteiger partial charge in [-0.15, -0.1) is 11.6 Å². The van der Waals surface area contributed by atoms with Crippen LogP contribution < -0.4 is 0 Å². The largest absolute Gasteiger partial charge is 0.458 e. The van der Waals surface area contributed by atoms with Crippen molar-refractivity contribution in [3.05, 3.63) is 0 Å². The Hall–Kier alpha value is -1.34. The van der Waals surface area contributed by atoms with Crippen LogP contribution in [0.15, 0.2) is 0 Å². The van der Waals surface area contributed by atoms with Crippen molar-refractivity contribution in [3.8, 4) is 0 Å². The van der Waals surface area contributed by atoms with Gasteiger partial charge in [0.05, 0.1) is 12.3 Å². The highest BCUT2D eigenvalue weighted by Crippen LogP contribution is 2.27. The van der Waals surface area contributed by atoms with Gasteiger partial charge in [-0.1, -0.05) is 0 Å². The molecule has 0 aromatic heterocycles. The molecule has 1 heterocycles. The van der Waals surface area contributed by atoms with E-state index in [9.17, 15) is 14.4 Å². The van der Waals surface area contributed by atoms with Gasteiger partial charge in [0, 0.05) is 20.8 Å². The zero-order valence-electron chi connectivity index (χ0n) is 11.5. The van der Waals surface area contributed by atoms with Crippen molar-refractivity contribution in [1.29, 1.82) is 0 Å². The first-order valence-electron chi connectivity index (χ1n) is 6.06. The van der Waals surface area contributed by atoms with Gasteiger partial charge in [-0.05, 0) is 0 Å². The second-order valence-corrected chi connectivity index (χ2v) is 4.63. The molecule has 0 amide bonds. The number of carbonyl (C=O) groups is 3. The van der Waals surface area contributed by atoms with Crippen molar-refractivity contribution in [3.63, 3.8) is 0 Å². The Morgan fingerprint density at radius 2 is 1.60 bits per heavy atom. The topological polar surface area (TPSA) is 88.1 Å². The molecule has 0 N–H and O–H groups in total. The zero-order valence-corrected chi connectivity index (χ0v) is 12.2. The maximum Gasteiger partial charge on any atom is 0.304 e. The summed E-state index contributed by atoms with van der Waals surface area (Å²) in [6.45, 7) is 3.70. The first-order chi connectivity index (χ1) is 9.33. The van der Waals surface area contributed by atoms with Crippen LogP contribution in [0, 0.1) is 0 Å². The number of alkyl halides is 1. The molecule has 0 aliphatic carbocycles. The molecule has 4 atom stereocenters. The number of hydrogen-bond acceptors (Lipinski definition) is 7. The number of esters is 3. The summed E-state index contributed by atoms with van der Waals surface area (Å²) in [6.07, 6.45) is -3.17. The molecule has 1 aliphatic rings. The molecular formula is C12H17ClO7. The summed E-state index contributed by atoms with van der Waals surface area (Å²) in [5.74, 6) is -1.62. The first-order valence-corrected chi connectivity index (χ1v) is 6.60. The number of halogens is 1. The van der Waals surface area contributed by atoms with Gasteiger partial charge >= 0.3 is 17.9 Å². The quantitative estimate of drug-likeness (QED) is 0.430. The summed E-state index contributed by atoms with van der Waals surface area (Å²) in [7, 11) is 0. The molecule has 0 aromatic carbocycles. The third-order valence-corrected chi connectivity index (χ3v) is 2.86. The molecule has 1 aliphatic heterocycles. The van der Waals surface area contributed by atoms with Crippen LogP contribution in [0.5, 0.6) is 0 Å². The monoisotopic (exact) mass is 308 g/mol. The average Bonchev–Trinajstić information content (AvgIpc) is 2.30. The fourth-order valence-electron chi connectivity index (χ4n) is 1.95. The smallest absolute Gasteiger partial charge is 0.304 e. The van der Waals surface area contributed by atoms with Gasteiger partial charge in [-0.25, -0.2) is 0 Å². The molecule has 0 saturated carbocycles. The highest BCUT2D eigenvalue weighted by molar-refractivity contribution is 6.18. The molecule has 8 heteroatoms. The fraction of sp³-hybridized carbons (Fsp3) is 0.750. The highest BCUT2D eigenvalue weighted by Gasteiger charge is 2.43. The Kier molecular flexibility index (Phi) is 6.22. The molecule has 0 spiro atoms. The van der Waals surface area contributed by atoms with Crippen molar-refractivity contribution < 1.29 is 33.3 Å². The fourth-order valence-corrected chi connectivity index (χ4v) is 2.20. The Morgan fingerprint density at radius 3 is 2.05 bits per heavy atom. The SMILES string of the molecule is CC(=O)O[C@@H]1C[C@@H](OC(C)=O)[C@H](OC(C)=O)[C@@H](CCl)O1. The van der Waals surface area contributed by atoms with Gasteiger partial charge in [0.15, 0.2) is 6.10 Å². The Labute approximate surface area is 121 Å². The first kappa shape index (κ1) is 16.7. The van der Waals surface area contributed by atoms with E-state index in [2.05, 4.69) is 0 Å². The minimum atomic E-state index is -0.896. The number of ether oxygens (including phenoxy) is 4. The molecule has 20 heavy (non-hydrogen) atoms. The summed E-state index contributed by atoms with van der Waals surface area (Å²) < 4.78 is 20.6. The summed E-state index contributed by atoms with van der Waals surface area (Å²) in [5, 5.41) is 0. The number of rotatable bonds is 4. The van der Waals surface area contributed by atoms with Gasteiger partial charge in [0.25, 0.3) is 0 Å². The average molecular weight is 309 g/mol. The van der Waals surface area contributed by atoms with Crippen molar-refractivity contribution in [1.82, 2.24) is 0 Å². The van der Waals surface area contributed by atoms with E-state index >= 15 is 0 Å². The second-order valence-electron chi connectivity index (χ2n) is 4.33. The van der Waals surface area contributed by atoms with E-state index in [1.54, 1.807) is 0 Å². The van der Waals surface area contributed by atoms with E-state index in [1.165, 1.54) is 20.8 Å². The van der Waals surface area contributed by atoms with E-state index in [-0.39, 0.29) is 12.3 Å². The van der Waals surface area contributed by atoms with Gasteiger partial charge in [-0.3, -0.25) is 14.4 Å². The van der Waals surface area contributed by atoms with Gasteiger partial charge < -0.3 is 18.9 Å². The van der Waals surface area contributed by atoms with Crippen LogP contribution in [0.1, 0.15) is 27.2 Å². The van der Waals surface area contributed by atoms with Gasteiger partial charge in [0.1, 0.15) is 12.2 Å². The Bertz CT molecular complexity index is 384. The summed E-state index contributed by atoms with van der Waals surface area (Å²) in [4.78, 5) is 33.2. The Balaban J connectivity index is 2.86. The van der Waals surface area contributed by atoms with Crippen LogP contribution in [-0.2, 0) is 33.3 Å². The molecule has 1 fully saturated rings. The maximum absolute atomic E-state index is 11.1. The van der Waals surface area contributed by atoms with Crippen LogP contribution in [0.4, 0.5) is 0 Å². The van der Waals surface area contributed by atoms with Crippen molar-refractivity contribution in [2.75, 3.05) is 5.88 Å². The van der Waals surface area contributed by atoms with Crippen molar-refractivity contribution in [2.24, 2.45) is 0 Å². The van der Waals surface area contributed by atoms with E-state index in [4.69, 9.17) is 30.5 Å². The lowest BCUT2D eigenvalue weighted by Gasteiger charge is -2.39. The summed E-state index contributed by atoms with van der Waals surface area (Å²) in [6, 6.07) is 0. The molecule has 0 radical (unpaired) electrons. The standard InChI is InChI=1S/C12H17ClO7/c1-6(14)17-9-4-11(18-7(2)15)20-10(5-13)12(9)19-8(3)16/h9-12H,4-5H2,1-3H3/t9-,10-,11+,12+/m1/s1. The van der Waals surface area contributed by atoms with Gasteiger partial charge in [0.2, 0.25) is 6.29 Å². The highest BCUT2D eigenvalue weighted by atomic mass is 35.5. The molecule has 1 rings (SSSR count). The van der Waals surface area contributed by atoms with Crippen LogP contribution >= 0.6 is 11.6 Å². The van der Waals surface area contributed by atoms with Crippen molar-refractivity contribution in [2.45, 2.75) is 51.8 Å². The lowest BCUT2D eigenvalue weighted by molar-refractivity contribution is -0.249. The van der Waals surface area contributed by atoms with E-state index in [0.29, 0.717) is 0 Å². The molecular weight excluding hydrogens is 292 g/mol. The molecule has 0 unspecified atom stereocenters. The minimum absolute atomic E-state index is 0.00647. The lowest BCUT2D eigenvalue weighted by atomic mass is 10.0. The molecule has 1 saturated heterocycles. The van der Waals surface area contributed by atoms with Crippen molar-refractivity contribution >= 4 is 29.5 Å². The summed E-state index contributed by atoms with van der Waals surface area (Å²) >= 11 is 5.76. The maximum atomic E-state index is 11.1. The van der Waals surface area contributed by atoms with Crippen LogP contribution in [-0.4, -0.2) is 48.4 Å². The third-order valence-electron chi connectivity index (χ3n) is 2.55. The van der Waals surface area contributed by atoms with E-state index < -0.39 is 42.5 Å². The van der Waals surface area contributed by atoms with E-state index in [0.717, 1.165) is 0 Å². The minimum Gasteiger partial charge on any atom is -0.458 e. The predicted molar refractivity (Wildman–Crippen MR) is 66.9 cm³/mol. The van der Waals surface area contributed by atoms with Crippen LogP contribution in [0.25, 0.3) is 0 Å². The molecule has 0 aromatic rings. The Morgan fingerprint density at radius 1 is 1.05 bits per heavy atom. The number of hydrogen-bond donors (Lipinski definition) is 0. The van der Waals surface area contributed by atoms with Gasteiger partial charge in [-0.2, -0.15) is 0 Å². The zero-order chi connectivity index (χ0) is 15.3. The second kappa shape index (κ2) is 7.44. The predicted octanol–water partition coefficient (Wildman–Crippen LogP) is 0.767. The van der Waals surface area contributed by atoms with Crippen LogP contribution in [0.2, 0.25) is 0 Å². The third kappa shape index (κ3) is 4.97. The normalized spacial score (nSPS) is 29.4. The van der Waals surface area contributed by atoms with E-state index in [1.807, 2.05) is 0 Å². The lowest BCUT2D eigenvalue weighted by Crippen LogP contribution is -2.53. The molecule has 0 bridgehead atoms. The summed E-state index contributed by atoms with van der Waals surface area (Å²) in [5.41, 5.74) is 0. The van der Waals surface area contributed by atoms with Crippen LogP contribution in [0.3, 0.4) is 0 Å². The molecule has 114 valence electrons. The number of carbonyl (C=O) groups excluding carboxylic acids is 3.